The standard InChI is InChI=1S/C27H12I2N2/c28-17-3-7-21-22-8-4-18(29)12-26(22)27(25(21)11-17)23-9-15(13-30)1-5-19(23)20-6-2-16(14-31)10-24(20)27/h1-12H. The van der Waals surface area contributed by atoms with E-state index in [1.807, 2.05) is 24.3 Å². The summed E-state index contributed by atoms with van der Waals surface area (Å²) in [6.07, 6.45) is 0. The molecule has 31 heavy (non-hydrogen) atoms. The number of rotatable bonds is 0. The second-order valence-electron chi connectivity index (χ2n) is 7.87. The van der Waals surface area contributed by atoms with E-state index in [4.69, 9.17) is 0 Å². The van der Waals surface area contributed by atoms with Gasteiger partial charge in [-0.15, -0.1) is 0 Å². The van der Waals surface area contributed by atoms with Crippen LogP contribution >= 0.6 is 45.2 Å². The van der Waals surface area contributed by atoms with Crippen molar-refractivity contribution in [2.75, 3.05) is 0 Å². The third-order valence-corrected chi connectivity index (χ3v) is 7.80. The lowest BCUT2D eigenvalue weighted by Gasteiger charge is -2.31. The summed E-state index contributed by atoms with van der Waals surface area (Å²) >= 11 is 4.74. The van der Waals surface area contributed by atoms with E-state index in [1.165, 1.54) is 29.4 Å². The van der Waals surface area contributed by atoms with E-state index in [-0.39, 0.29) is 0 Å². The maximum atomic E-state index is 9.68. The van der Waals surface area contributed by atoms with Gasteiger partial charge in [0.2, 0.25) is 0 Å². The van der Waals surface area contributed by atoms with Crippen LogP contribution in [0.3, 0.4) is 0 Å². The first-order valence-corrected chi connectivity index (χ1v) is 11.9. The molecule has 4 heteroatoms. The van der Waals surface area contributed by atoms with Crippen LogP contribution in [0, 0.1) is 29.8 Å². The third kappa shape index (κ3) is 2.41. The first-order valence-electron chi connectivity index (χ1n) is 9.78. The Morgan fingerprint density at radius 3 is 1.26 bits per heavy atom. The number of benzene rings is 4. The molecule has 0 aliphatic heterocycles. The normalized spacial score (nSPS) is 13.7. The van der Waals surface area contributed by atoms with Crippen molar-refractivity contribution in [1.29, 1.82) is 10.5 Å². The van der Waals surface area contributed by atoms with Crippen LogP contribution in [0.5, 0.6) is 0 Å². The number of nitriles is 2. The first kappa shape index (κ1) is 19.0. The second kappa shape index (κ2) is 6.66. The SMILES string of the molecule is N#Cc1ccc2c(c1)C1(c3cc(I)ccc3-c3ccc(I)cc31)c1cc(C#N)ccc1-2. The molecule has 0 aromatic heterocycles. The van der Waals surface area contributed by atoms with Crippen LogP contribution in [0.1, 0.15) is 33.4 Å². The summed E-state index contributed by atoms with van der Waals surface area (Å²) < 4.78 is 2.34. The van der Waals surface area contributed by atoms with Crippen LogP contribution in [0.25, 0.3) is 22.3 Å². The predicted molar refractivity (Wildman–Crippen MR) is 138 cm³/mol. The fraction of sp³-hybridized carbons (Fsp3) is 0.0370. The van der Waals surface area contributed by atoms with Gasteiger partial charge in [0, 0.05) is 7.14 Å². The van der Waals surface area contributed by atoms with E-state index >= 15 is 0 Å². The summed E-state index contributed by atoms with van der Waals surface area (Å²) in [6.45, 7) is 0. The maximum Gasteiger partial charge on any atom is 0.0991 e. The lowest BCUT2D eigenvalue weighted by atomic mass is 9.70. The van der Waals surface area contributed by atoms with Crippen molar-refractivity contribution >= 4 is 45.2 Å². The van der Waals surface area contributed by atoms with Crippen molar-refractivity contribution in [1.82, 2.24) is 0 Å². The van der Waals surface area contributed by atoms with Crippen molar-refractivity contribution in [2.45, 2.75) is 5.41 Å². The van der Waals surface area contributed by atoms with Gasteiger partial charge in [0.05, 0.1) is 28.7 Å². The molecule has 6 rings (SSSR count). The maximum absolute atomic E-state index is 9.68. The van der Waals surface area contributed by atoms with Gasteiger partial charge >= 0.3 is 0 Å². The van der Waals surface area contributed by atoms with Crippen molar-refractivity contribution in [3.8, 4) is 34.4 Å². The minimum absolute atomic E-state index is 0.530. The Labute approximate surface area is 207 Å². The molecular weight excluding hydrogens is 606 g/mol. The number of hydrogen-bond acceptors (Lipinski definition) is 2. The molecule has 2 aliphatic rings. The molecule has 0 N–H and O–H groups in total. The molecule has 0 heterocycles. The molecule has 2 nitrogen and oxygen atoms in total. The molecule has 4 aromatic carbocycles. The van der Waals surface area contributed by atoms with Crippen LogP contribution in [0.2, 0.25) is 0 Å². The average molecular weight is 618 g/mol. The molecular formula is C27H12I2N2. The van der Waals surface area contributed by atoms with Crippen molar-refractivity contribution in [2.24, 2.45) is 0 Å². The van der Waals surface area contributed by atoms with Gasteiger partial charge in [-0.05, 0) is 138 Å². The van der Waals surface area contributed by atoms with Gasteiger partial charge in [-0.1, -0.05) is 24.3 Å². The summed E-state index contributed by atoms with van der Waals surface area (Å²) in [7, 11) is 0. The highest BCUT2D eigenvalue weighted by molar-refractivity contribution is 14.1. The second-order valence-corrected chi connectivity index (χ2v) is 10.4. The van der Waals surface area contributed by atoms with E-state index in [0.29, 0.717) is 11.1 Å². The number of hydrogen-bond donors (Lipinski definition) is 0. The molecule has 4 aromatic rings. The highest BCUT2D eigenvalue weighted by Crippen LogP contribution is 2.63. The van der Waals surface area contributed by atoms with Crippen LogP contribution in [-0.2, 0) is 5.41 Å². The Bertz CT molecular complexity index is 1420. The summed E-state index contributed by atoms with van der Waals surface area (Å²) in [6, 6.07) is 29.9. The van der Waals surface area contributed by atoms with Crippen molar-refractivity contribution in [3.63, 3.8) is 0 Å². The monoisotopic (exact) mass is 618 g/mol. The third-order valence-electron chi connectivity index (χ3n) is 6.46. The van der Waals surface area contributed by atoms with Crippen molar-refractivity contribution in [3.05, 3.63) is 113 Å². The molecule has 0 fully saturated rings. The number of fused-ring (bicyclic) bond motifs is 10. The molecule has 1 spiro atoms. The lowest BCUT2D eigenvalue weighted by Crippen LogP contribution is -2.26. The Morgan fingerprint density at radius 2 is 0.871 bits per heavy atom. The zero-order valence-corrected chi connectivity index (χ0v) is 20.4. The summed E-state index contributed by atoms with van der Waals surface area (Å²) in [5, 5.41) is 19.4. The van der Waals surface area contributed by atoms with Gasteiger partial charge in [0.25, 0.3) is 0 Å². The van der Waals surface area contributed by atoms with Gasteiger partial charge in [-0.3, -0.25) is 0 Å². The molecule has 0 unspecified atom stereocenters. The number of nitrogens with zero attached hydrogens (tertiary/aromatic N) is 2. The van der Waals surface area contributed by atoms with Crippen molar-refractivity contribution < 1.29 is 0 Å². The predicted octanol–water partition coefficient (Wildman–Crippen LogP) is 6.98. The van der Waals surface area contributed by atoms with Crippen LogP contribution < -0.4 is 0 Å². The molecule has 144 valence electrons. The lowest BCUT2D eigenvalue weighted by molar-refractivity contribution is 0.791. The zero-order valence-electron chi connectivity index (χ0n) is 16.1. The van der Waals surface area contributed by atoms with Gasteiger partial charge in [0.1, 0.15) is 0 Å². The summed E-state index contributed by atoms with van der Waals surface area (Å²) in [4.78, 5) is 0. The van der Waals surface area contributed by atoms with E-state index < -0.39 is 5.41 Å². The van der Waals surface area contributed by atoms with E-state index in [0.717, 1.165) is 22.3 Å². The smallest absolute Gasteiger partial charge is 0.0991 e. The fourth-order valence-electron chi connectivity index (χ4n) is 5.31. The quantitative estimate of drug-likeness (QED) is 0.173. The highest BCUT2D eigenvalue weighted by atomic mass is 127. The Hall–Kier alpha value is -2.68. The largest absolute Gasteiger partial charge is 0.192 e. The minimum atomic E-state index is -0.530. The van der Waals surface area contributed by atoms with Crippen LogP contribution in [-0.4, -0.2) is 0 Å². The fourth-order valence-corrected chi connectivity index (χ4v) is 6.29. The van der Waals surface area contributed by atoms with Gasteiger partial charge in [-0.25, -0.2) is 0 Å². The molecule has 0 radical (unpaired) electrons. The minimum Gasteiger partial charge on any atom is -0.192 e. The molecule has 0 bridgehead atoms. The Balaban J connectivity index is 1.88. The molecule has 0 saturated carbocycles. The summed E-state index contributed by atoms with van der Waals surface area (Å²) in [5.41, 5.74) is 10.2. The molecule has 0 saturated heterocycles. The van der Waals surface area contributed by atoms with E-state index in [2.05, 4.69) is 106 Å². The average Bonchev–Trinajstić information content (AvgIpc) is 3.24. The van der Waals surface area contributed by atoms with Crippen LogP contribution in [0.4, 0.5) is 0 Å². The zero-order chi connectivity index (χ0) is 21.3. The highest BCUT2D eigenvalue weighted by Gasteiger charge is 2.52. The Kier molecular flexibility index (Phi) is 4.09. The van der Waals surface area contributed by atoms with Gasteiger partial charge in [-0.2, -0.15) is 10.5 Å². The van der Waals surface area contributed by atoms with E-state index in [1.54, 1.807) is 0 Å². The summed E-state index contributed by atoms with van der Waals surface area (Å²) in [5.74, 6) is 0. The number of halogens is 2. The topological polar surface area (TPSA) is 47.6 Å². The van der Waals surface area contributed by atoms with Gasteiger partial charge in [0.15, 0.2) is 0 Å². The Morgan fingerprint density at radius 1 is 0.516 bits per heavy atom. The molecule has 0 amide bonds. The molecule has 0 atom stereocenters. The molecule has 2 aliphatic carbocycles. The first-order chi connectivity index (χ1) is 15.1. The van der Waals surface area contributed by atoms with Crippen LogP contribution in [0.15, 0.2) is 72.8 Å². The van der Waals surface area contributed by atoms with Gasteiger partial charge < -0.3 is 0 Å². The van der Waals surface area contributed by atoms with E-state index in [9.17, 15) is 10.5 Å².